The third kappa shape index (κ3) is 5.73. The number of sulfonamides is 1. The maximum Gasteiger partial charge on any atom is 0.233 e. The second-order valence-electron chi connectivity index (χ2n) is 5.67. The molecule has 0 aliphatic carbocycles. The van der Waals surface area contributed by atoms with Gasteiger partial charge in [0, 0.05) is 5.69 Å². The van der Waals surface area contributed by atoms with Gasteiger partial charge in [-0.3, -0.25) is 4.72 Å². The third-order valence-corrected chi connectivity index (χ3v) is 4.48. The quantitative estimate of drug-likeness (QED) is 0.758. The van der Waals surface area contributed by atoms with E-state index in [1.54, 1.807) is 18.3 Å². The first-order chi connectivity index (χ1) is 11.4. The van der Waals surface area contributed by atoms with Gasteiger partial charge < -0.3 is 10.1 Å². The first-order valence-corrected chi connectivity index (χ1v) is 9.53. The number of benzene rings is 1. The summed E-state index contributed by atoms with van der Waals surface area (Å²) < 4.78 is 31.5. The summed E-state index contributed by atoms with van der Waals surface area (Å²) in [6.45, 7) is 5.78. The second kappa shape index (κ2) is 8.01. The predicted octanol–water partition coefficient (Wildman–Crippen LogP) is 3.76. The van der Waals surface area contributed by atoms with Gasteiger partial charge in [0.25, 0.3) is 0 Å². The van der Waals surface area contributed by atoms with Crippen molar-refractivity contribution in [2.75, 3.05) is 15.8 Å². The van der Waals surface area contributed by atoms with Crippen LogP contribution in [0, 0.1) is 0 Å². The van der Waals surface area contributed by atoms with Gasteiger partial charge >= 0.3 is 0 Å². The zero-order valence-corrected chi connectivity index (χ0v) is 14.9. The van der Waals surface area contributed by atoms with E-state index in [1.807, 2.05) is 45.0 Å². The lowest BCUT2D eigenvalue weighted by Gasteiger charge is -2.11. The van der Waals surface area contributed by atoms with E-state index < -0.39 is 10.0 Å². The first-order valence-electron chi connectivity index (χ1n) is 7.88. The van der Waals surface area contributed by atoms with Crippen LogP contribution in [0.15, 0.2) is 42.6 Å². The number of nitrogens with zero attached hydrogens (tertiary/aromatic N) is 1. The highest BCUT2D eigenvalue weighted by Crippen LogP contribution is 2.21. The summed E-state index contributed by atoms with van der Waals surface area (Å²) in [6, 6.07) is 11.0. The van der Waals surface area contributed by atoms with E-state index in [0.29, 0.717) is 12.2 Å². The van der Waals surface area contributed by atoms with E-state index in [9.17, 15) is 8.42 Å². The van der Waals surface area contributed by atoms with Crippen LogP contribution < -0.4 is 14.8 Å². The minimum absolute atomic E-state index is 0.0828. The Kier molecular flexibility index (Phi) is 6.03. The molecule has 0 aliphatic rings. The molecule has 0 unspecified atom stereocenters. The minimum Gasteiger partial charge on any atom is -0.491 e. The van der Waals surface area contributed by atoms with Crippen molar-refractivity contribution in [3.8, 4) is 5.75 Å². The summed E-state index contributed by atoms with van der Waals surface area (Å²) in [5.74, 6) is 1.21. The van der Waals surface area contributed by atoms with Gasteiger partial charge in [0.1, 0.15) is 11.6 Å². The molecule has 0 aliphatic heterocycles. The summed E-state index contributed by atoms with van der Waals surface area (Å²) in [4.78, 5) is 4.12. The molecule has 0 bridgehead atoms. The van der Waals surface area contributed by atoms with E-state index in [1.165, 1.54) is 0 Å². The average Bonchev–Trinajstić information content (AvgIpc) is 2.50. The largest absolute Gasteiger partial charge is 0.491 e. The zero-order valence-electron chi connectivity index (χ0n) is 14.1. The second-order valence-corrected chi connectivity index (χ2v) is 7.51. The monoisotopic (exact) mass is 349 g/mol. The molecule has 1 aromatic carbocycles. The van der Waals surface area contributed by atoms with Gasteiger partial charge in [0.15, 0.2) is 0 Å². The maximum atomic E-state index is 11.7. The molecule has 0 fully saturated rings. The first kappa shape index (κ1) is 18.1. The maximum absolute atomic E-state index is 11.7. The lowest BCUT2D eigenvalue weighted by molar-refractivity contribution is 0.242. The Morgan fingerprint density at radius 1 is 1.08 bits per heavy atom. The lowest BCUT2D eigenvalue weighted by Crippen LogP contribution is -2.16. The van der Waals surface area contributed by atoms with Crippen molar-refractivity contribution in [2.45, 2.75) is 33.3 Å². The molecule has 0 amide bonds. The Balaban J connectivity index is 1.98. The molecule has 0 radical (unpaired) electrons. The Hall–Kier alpha value is -2.28. The fraction of sp³-hybridized carbons (Fsp3) is 0.353. The van der Waals surface area contributed by atoms with Crippen LogP contribution in [0.25, 0.3) is 0 Å². The Bertz CT molecular complexity index is 742. The molecule has 7 heteroatoms. The van der Waals surface area contributed by atoms with Crippen LogP contribution in [0.4, 0.5) is 17.2 Å². The fourth-order valence-electron chi connectivity index (χ4n) is 2.06. The van der Waals surface area contributed by atoms with E-state index in [-0.39, 0.29) is 11.9 Å². The molecule has 2 rings (SSSR count). The Labute approximate surface area is 143 Å². The summed E-state index contributed by atoms with van der Waals surface area (Å²) in [5, 5.41) is 3.20. The topological polar surface area (TPSA) is 80.3 Å². The van der Waals surface area contributed by atoms with Gasteiger partial charge in [-0.1, -0.05) is 6.92 Å². The van der Waals surface area contributed by atoms with Crippen LogP contribution in [0.1, 0.15) is 27.2 Å². The van der Waals surface area contributed by atoms with Crippen molar-refractivity contribution >= 4 is 27.2 Å². The normalized spacial score (nSPS) is 11.3. The molecule has 1 heterocycles. The van der Waals surface area contributed by atoms with Crippen molar-refractivity contribution in [1.82, 2.24) is 4.98 Å². The third-order valence-electron chi connectivity index (χ3n) is 3.01. The Morgan fingerprint density at radius 2 is 1.75 bits per heavy atom. The fourth-order valence-corrected chi connectivity index (χ4v) is 3.14. The van der Waals surface area contributed by atoms with Crippen LogP contribution in [0.2, 0.25) is 0 Å². The van der Waals surface area contributed by atoms with Crippen LogP contribution in [-0.4, -0.2) is 25.3 Å². The van der Waals surface area contributed by atoms with Crippen LogP contribution in [-0.2, 0) is 10.0 Å². The smallest absolute Gasteiger partial charge is 0.233 e. The number of anilines is 3. The van der Waals surface area contributed by atoms with Crippen molar-refractivity contribution in [1.29, 1.82) is 0 Å². The van der Waals surface area contributed by atoms with Crippen LogP contribution >= 0.6 is 0 Å². The summed E-state index contributed by atoms with van der Waals surface area (Å²) >= 11 is 0. The van der Waals surface area contributed by atoms with Crippen LogP contribution in [0.3, 0.4) is 0 Å². The molecule has 0 saturated carbocycles. The van der Waals surface area contributed by atoms with E-state index in [0.717, 1.165) is 17.1 Å². The van der Waals surface area contributed by atoms with E-state index in [4.69, 9.17) is 4.74 Å². The molecule has 0 saturated heterocycles. The molecule has 1 aromatic heterocycles. The number of hydrogen-bond donors (Lipinski definition) is 2. The van der Waals surface area contributed by atoms with Gasteiger partial charge in [-0.25, -0.2) is 13.4 Å². The van der Waals surface area contributed by atoms with Gasteiger partial charge in [-0.2, -0.15) is 0 Å². The van der Waals surface area contributed by atoms with Gasteiger partial charge in [-0.05, 0) is 56.7 Å². The summed E-state index contributed by atoms with van der Waals surface area (Å²) in [6.07, 6.45) is 2.28. The van der Waals surface area contributed by atoms with Crippen molar-refractivity contribution in [3.63, 3.8) is 0 Å². The SMILES string of the molecule is CCCS(=O)(=O)Nc1ccc(Nc2ccc(OC(C)C)cc2)cn1. The number of hydrogen-bond acceptors (Lipinski definition) is 5. The minimum atomic E-state index is -3.32. The summed E-state index contributed by atoms with van der Waals surface area (Å²) in [5.41, 5.74) is 1.66. The standard InChI is InChI=1S/C17H23N3O3S/c1-4-11-24(21,22)20-17-10-7-15(12-18-17)19-14-5-8-16(9-6-14)23-13(2)3/h5-10,12-13,19H,4,11H2,1-3H3,(H,18,20). The van der Waals surface area contributed by atoms with Gasteiger partial charge in [0.2, 0.25) is 10.0 Å². The van der Waals surface area contributed by atoms with E-state index in [2.05, 4.69) is 15.0 Å². The number of nitrogens with one attached hydrogen (secondary N) is 2. The molecule has 2 N–H and O–H groups in total. The number of rotatable bonds is 8. The molecular formula is C17H23N3O3S. The summed E-state index contributed by atoms with van der Waals surface area (Å²) in [7, 11) is -3.32. The molecule has 24 heavy (non-hydrogen) atoms. The average molecular weight is 349 g/mol. The predicted molar refractivity (Wildman–Crippen MR) is 97.4 cm³/mol. The van der Waals surface area contributed by atoms with Gasteiger partial charge in [-0.15, -0.1) is 0 Å². The highest BCUT2D eigenvalue weighted by Gasteiger charge is 2.09. The highest BCUT2D eigenvalue weighted by molar-refractivity contribution is 7.92. The molecule has 0 atom stereocenters. The number of pyridine rings is 1. The molecule has 0 spiro atoms. The van der Waals surface area contributed by atoms with Crippen molar-refractivity contribution < 1.29 is 13.2 Å². The van der Waals surface area contributed by atoms with E-state index >= 15 is 0 Å². The molecular weight excluding hydrogens is 326 g/mol. The molecule has 2 aromatic rings. The number of ether oxygens (including phenoxy) is 1. The zero-order chi connectivity index (χ0) is 17.6. The molecule has 6 nitrogen and oxygen atoms in total. The van der Waals surface area contributed by atoms with Gasteiger partial charge in [0.05, 0.1) is 23.7 Å². The van der Waals surface area contributed by atoms with Crippen LogP contribution in [0.5, 0.6) is 5.75 Å². The van der Waals surface area contributed by atoms with Crippen molar-refractivity contribution in [3.05, 3.63) is 42.6 Å². The highest BCUT2D eigenvalue weighted by atomic mass is 32.2. The Morgan fingerprint density at radius 3 is 2.29 bits per heavy atom. The number of aromatic nitrogens is 1. The molecule has 130 valence electrons. The van der Waals surface area contributed by atoms with Crippen molar-refractivity contribution in [2.24, 2.45) is 0 Å². The lowest BCUT2D eigenvalue weighted by atomic mass is 10.3.